The van der Waals surface area contributed by atoms with Crippen LogP contribution in [-0.2, 0) is 0 Å². The molecule has 0 amide bonds. The highest BCUT2D eigenvalue weighted by Crippen LogP contribution is 2.35. The SMILES string of the molecule is CCCNc1ncc(Br)c(SC(C)(C)C)n1. The van der Waals surface area contributed by atoms with Gasteiger partial charge < -0.3 is 5.32 Å². The number of anilines is 1. The quantitative estimate of drug-likeness (QED) is 0.675. The molecule has 0 radical (unpaired) electrons. The van der Waals surface area contributed by atoms with Gasteiger partial charge in [0.1, 0.15) is 5.03 Å². The second kappa shape index (κ2) is 5.87. The van der Waals surface area contributed by atoms with Crippen molar-refractivity contribution in [3.05, 3.63) is 10.7 Å². The van der Waals surface area contributed by atoms with Crippen molar-refractivity contribution in [1.29, 1.82) is 0 Å². The first-order valence-corrected chi connectivity index (χ1v) is 6.99. The first kappa shape index (κ1) is 13.8. The summed E-state index contributed by atoms with van der Waals surface area (Å²) in [4.78, 5) is 8.71. The van der Waals surface area contributed by atoms with Crippen molar-refractivity contribution in [3.8, 4) is 0 Å². The van der Waals surface area contributed by atoms with Crippen LogP contribution in [0.25, 0.3) is 0 Å². The number of hydrogen-bond donors (Lipinski definition) is 1. The lowest BCUT2D eigenvalue weighted by Crippen LogP contribution is -2.09. The fourth-order valence-electron chi connectivity index (χ4n) is 1.04. The molecule has 0 aliphatic heterocycles. The van der Waals surface area contributed by atoms with Crippen LogP contribution in [0.4, 0.5) is 5.95 Å². The molecule has 1 aromatic rings. The highest BCUT2D eigenvalue weighted by atomic mass is 79.9. The van der Waals surface area contributed by atoms with Crippen LogP contribution < -0.4 is 5.32 Å². The fraction of sp³-hybridized carbons (Fsp3) is 0.636. The van der Waals surface area contributed by atoms with Gasteiger partial charge in [0.15, 0.2) is 0 Å². The van der Waals surface area contributed by atoms with E-state index in [1.165, 1.54) is 0 Å². The molecule has 1 heterocycles. The van der Waals surface area contributed by atoms with Crippen molar-refractivity contribution >= 4 is 33.6 Å². The maximum absolute atomic E-state index is 4.49. The molecule has 0 bridgehead atoms. The molecule has 5 heteroatoms. The Bertz CT molecular complexity index is 350. The Balaban J connectivity index is 2.82. The minimum absolute atomic E-state index is 0.152. The molecule has 3 nitrogen and oxygen atoms in total. The zero-order chi connectivity index (χ0) is 12.2. The molecule has 16 heavy (non-hydrogen) atoms. The molecule has 90 valence electrons. The van der Waals surface area contributed by atoms with E-state index in [1.807, 2.05) is 0 Å². The number of nitrogens with zero attached hydrogens (tertiary/aromatic N) is 2. The van der Waals surface area contributed by atoms with Crippen LogP contribution in [0.5, 0.6) is 0 Å². The molecular formula is C11H18BrN3S. The summed E-state index contributed by atoms with van der Waals surface area (Å²) in [5.74, 6) is 0.705. The van der Waals surface area contributed by atoms with Gasteiger partial charge in [-0.2, -0.15) is 0 Å². The van der Waals surface area contributed by atoms with E-state index < -0.39 is 0 Å². The summed E-state index contributed by atoms with van der Waals surface area (Å²) < 4.78 is 1.10. The highest BCUT2D eigenvalue weighted by molar-refractivity contribution is 9.10. The Kier molecular flexibility index (Phi) is 5.05. The molecule has 1 aromatic heterocycles. The van der Waals surface area contributed by atoms with Crippen LogP contribution >= 0.6 is 27.7 Å². The zero-order valence-corrected chi connectivity index (χ0v) is 12.6. The number of thioether (sulfide) groups is 1. The molecule has 0 aromatic carbocycles. The van der Waals surface area contributed by atoms with Crippen molar-refractivity contribution < 1.29 is 0 Å². The molecule has 0 fully saturated rings. The topological polar surface area (TPSA) is 37.8 Å². The minimum atomic E-state index is 0.152. The molecule has 1 N–H and O–H groups in total. The van der Waals surface area contributed by atoms with E-state index >= 15 is 0 Å². The van der Waals surface area contributed by atoms with Crippen LogP contribution in [0.2, 0.25) is 0 Å². The van der Waals surface area contributed by atoms with Crippen LogP contribution in [0, 0.1) is 0 Å². The largest absolute Gasteiger partial charge is 0.354 e. The van der Waals surface area contributed by atoms with Gasteiger partial charge in [0.25, 0.3) is 0 Å². The van der Waals surface area contributed by atoms with Gasteiger partial charge in [-0.15, -0.1) is 0 Å². The minimum Gasteiger partial charge on any atom is -0.354 e. The summed E-state index contributed by atoms with van der Waals surface area (Å²) in [7, 11) is 0. The van der Waals surface area contributed by atoms with Crippen molar-refractivity contribution in [2.75, 3.05) is 11.9 Å². The number of rotatable bonds is 4. The summed E-state index contributed by atoms with van der Waals surface area (Å²) in [5, 5.41) is 4.18. The summed E-state index contributed by atoms with van der Waals surface area (Å²) >= 11 is 5.21. The van der Waals surface area contributed by atoms with E-state index in [0.29, 0.717) is 5.95 Å². The molecule has 0 aliphatic carbocycles. The van der Waals surface area contributed by atoms with Crippen molar-refractivity contribution in [3.63, 3.8) is 0 Å². The molecule has 0 saturated heterocycles. The van der Waals surface area contributed by atoms with Gasteiger partial charge in [0.05, 0.1) is 4.47 Å². The number of aromatic nitrogens is 2. The highest BCUT2D eigenvalue weighted by Gasteiger charge is 2.16. The van der Waals surface area contributed by atoms with Crippen LogP contribution in [0.15, 0.2) is 15.7 Å². The summed E-state index contributed by atoms with van der Waals surface area (Å²) in [6, 6.07) is 0. The molecule has 1 rings (SSSR count). The van der Waals surface area contributed by atoms with E-state index in [9.17, 15) is 0 Å². The van der Waals surface area contributed by atoms with E-state index in [4.69, 9.17) is 0 Å². The van der Waals surface area contributed by atoms with E-state index in [2.05, 4.69) is 58.9 Å². The zero-order valence-electron chi connectivity index (χ0n) is 10.2. The van der Waals surface area contributed by atoms with Gasteiger partial charge in [-0.1, -0.05) is 39.5 Å². The maximum atomic E-state index is 4.49. The van der Waals surface area contributed by atoms with E-state index in [-0.39, 0.29) is 4.75 Å². The van der Waals surface area contributed by atoms with Crippen molar-refractivity contribution in [2.24, 2.45) is 0 Å². The molecule has 0 saturated carbocycles. The Morgan fingerprint density at radius 1 is 1.44 bits per heavy atom. The van der Waals surface area contributed by atoms with Gasteiger partial charge in [-0.25, -0.2) is 9.97 Å². The summed E-state index contributed by atoms with van der Waals surface area (Å²) in [5.41, 5.74) is 0. The van der Waals surface area contributed by atoms with Crippen LogP contribution in [0.3, 0.4) is 0 Å². The van der Waals surface area contributed by atoms with Gasteiger partial charge in [0.2, 0.25) is 5.95 Å². The molecule has 0 spiro atoms. The molecule has 0 aliphatic rings. The van der Waals surface area contributed by atoms with Crippen LogP contribution in [0.1, 0.15) is 34.1 Å². The normalized spacial score (nSPS) is 11.6. The summed E-state index contributed by atoms with van der Waals surface area (Å²) in [6.07, 6.45) is 2.88. The lowest BCUT2D eigenvalue weighted by atomic mass is 10.3. The first-order valence-electron chi connectivity index (χ1n) is 5.38. The number of halogens is 1. The Morgan fingerprint density at radius 3 is 2.69 bits per heavy atom. The Hall–Kier alpha value is -0.290. The first-order chi connectivity index (χ1) is 7.42. The van der Waals surface area contributed by atoms with Crippen LogP contribution in [-0.4, -0.2) is 21.3 Å². The average molecular weight is 304 g/mol. The van der Waals surface area contributed by atoms with Gasteiger partial charge >= 0.3 is 0 Å². The van der Waals surface area contributed by atoms with Crippen molar-refractivity contribution in [2.45, 2.75) is 43.9 Å². The number of hydrogen-bond acceptors (Lipinski definition) is 4. The predicted molar refractivity (Wildman–Crippen MR) is 74.1 cm³/mol. The predicted octanol–water partition coefficient (Wildman–Crippen LogP) is 3.95. The third-order valence-electron chi connectivity index (χ3n) is 1.65. The average Bonchev–Trinajstić information content (AvgIpc) is 2.17. The molecular weight excluding hydrogens is 286 g/mol. The van der Waals surface area contributed by atoms with Crippen molar-refractivity contribution in [1.82, 2.24) is 9.97 Å². The standard InChI is InChI=1S/C11H18BrN3S/c1-5-6-13-10-14-7-8(12)9(15-10)16-11(2,3)4/h7H,5-6H2,1-4H3,(H,13,14,15). The second-order valence-electron chi connectivity index (χ2n) is 4.49. The fourth-order valence-corrected chi connectivity index (χ4v) is 2.33. The van der Waals surface area contributed by atoms with E-state index in [0.717, 1.165) is 22.5 Å². The molecule has 0 unspecified atom stereocenters. The smallest absolute Gasteiger partial charge is 0.223 e. The maximum Gasteiger partial charge on any atom is 0.223 e. The van der Waals surface area contributed by atoms with Gasteiger partial charge in [0, 0.05) is 17.5 Å². The van der Waals surface area contributed by atoms with E-state index in [1.54, 1.807) is 18.0 Å². The lowest BCUT2D eigenvalue weighted by molar-refractivity contribution is 0.797. The monoisotopic (exact) mass is 303 g/mol. The lowest BCUT2D eigenvalue weighted by Gasteiger charge is -2.17. The summed E-state index contributed by atoms with van der Waals surface area (Å²) in [6.45, 7) is 9.54. The third-order valence-corrected chi connectivity index (χ3v) is 3.61. The molecule has 0 atom stereocenters. The third kappa shape index (κ3) is 4.70. The number of nitrogens with one attached hydrogen (secondary N) is 1. The Morgan fingerprint density at radius 2 is 2.12 bits per heavy atom. The van der Waals surface area contributed by atoms with Gasteiger partial charge in [-0.05, 0) is 22.4 Å². The van der Waals surface area contributed by atoms with Gasteiger partial charge in [-0.3, -0.25) is 0 Å². The second-order valence-corrected chi connectivity index (χ2v) is 7.16. The Labute approximate surface area is 110 Å².